The summed E-state index contributed by atoms with van der Waals surface area (Å²) in [6.45, 7) is 1.76. The van der Waals surface area contributed by atoms with Crippen LogP contribution in [0, 0.1) is 0 Å². The van der Waals surface area contributed by atoms with Gasteiger partial charge in [0.2, 0.25) is 0 Å². The van der Waals surface area contributed by atoms with Gasteiger partial charge in [-0.2, -0.15) is 0 Å². The minimum Gasteiger partial charge on any atom is -0.468 e. The zero-order chi connectivity index (χ0) is 17.9. The second-order valence-corrected chi connectivity index (χ2v) is 9.61. The molecule has 1 aromatic carbocycles. The first-order valence-corrected chi connectivity index (χ1v) is 10.7. The summed E-state index contributed by atoms with van der Waals surface area (Å²) in [6, 6.07) is 10.9. The van der Waals surface area contributed by atoms with E-state index in [-0.39, 0.29) is 11.5 Å². The topological polar surface area (TPSA) is 88.4 Å². The molecule has 1 saturated heterocycles. The summed E-state index contributed by atoms with van der Waals surface area (Å²) in [7, 11) is -3.06. The Kier molecular flexibility index (Phi) is 5.10. The van der Waals surface area contributed by atoms with Crippen LogP contribution in [0.5, 0.6) is 0 Å². The van der Waals surface area contributed by atoms with E-state index in [0.29, 0.717) is 12.1 Å². The fourth-order valence-electron chi connectivity index (χ4n) is 2.73. The smallest absolute Gasteiger partial charge is 0.319 e. The Morgan fingerprint density at radius 2 is 2.04 bits per heavy atom. The number of carbonyl (C=O) groups excluding carboxylic acids is 1. The van der Waals surface area contributed by atoms with Gasteiger partial charge >= 0.3 is 6.03 Å². The Bertz CT molecular complexity index is 832. The van der Waals surface area contributed by atoms with Gasteiger partial charge in [0.25, 0.3) is 0 Å². The van der Waals surface area contributed by atoms with Crippen LogP contribution < -0.4 is 10.6 Å². The van der Waals surface area contributed by atoms with Crippen molar-refractivity contribution in [3.63, 3.8) is 0 Å². The molecular weight excluding hydrogens is 360 g/mol. The van der Waals surface area contributed by atoms with E-state index in [1.807, 2.05) is 36.4 Å². The third-order valence-corrected chi connectivity index (χ3v) is 6.93. The maximum atomic E-state index is 12.1. The van der Waals surface area contributed by atoms with Crippen LogP contribution in [-0.2, 0) is 15.6 Å². The fourth-order valence-corrected chi connectivity index (χ4v) is 5.62. The normalized spacial score (nSPS) is 21.8. The van der Waals surface area contributed by atoms with Gasteiger partial charge in [0.15, 0.2) is 9.84 Å². The molecule has 0 spiro atoms. The Morgan fingerprint density at radius 3 is 2.64 bits per heavy atom. The number of urea groups is 1. The number of anilines is 1. The van der Waals surface area contributed by atoms with Gasteiger partial charge in [-0.05, 0) is 49.7 Å². The number of hydrogen-bond donors (Lipinski definition) is 2. The van der Waals surface area contributed by atoms with Crippen molar-refractivity contribution >= 4 is 33.3 Å². The molecule has 0 saturated carbocycles. The van der Waals surface area contributed by atoms with E-state index in [4.69, 9.17) is 4.42 Å². The van der Waals surface area contributed by atoms with Crippen molar-refractivity contribution in [2.45, 2.75) is 29.5 Å². The molecule has 0 bridgehead atoms. The number of sulfone groups is 1. The van der Waals surface area contributed by atoms with Crippen molar-refractivity contribution in [2.75, 3.05) is 16.8 Å². The molecule has 1 aliphatic rings. The molecule has 2 amide bonds. The number of thioether (sulfide) groups is 1. The van der Waals surface area contributed by atoms with Gasteiger partial charge in [0.1, 0.15) is 5.76 Å². The van der Waals surface area contributed by atoms with Gasteiger partial charge in [0.05, 0.1) is 29.1 Å². The predicted molar refractivity (Wildman–Crippen MR) is 98.5 cm³/mol. The Balaban J connectivity index is 1.51. The molecule has 134 valence electrons. The third-order valence-electron chi connectivity index (χ3n) is 3.99. The van der Waals surface area contributed by atoms with E-state index < -0.39 is 21.4 Å². The van der Waals surface area contributed by atoms with Crippen molar-refractivity contribution in [3.05, 3.63) is 48.4 Å². The maximum Gasteiger partial charge on any atom is 0.319 e. The van der Waals surface area contributed by atoms with Gasteiger partial charge in [-0.15, -0.1) is 11.8 Å². The molecule has 2 N–H and O–H groups in total. The standard InChI is InChI=1S/C17H20N2O4S2/c1-17(8-10-25(21,22)12-17)19-16(20)18-13-4-6-15(7-5-13)24-11-14-3-2-9-23-14/h2-7,9H,8,10-12H2,1H3,(H2,18,19,20). The highest BCUT2D eigenvalue weighted by atomic mass is 32.2. The lowest BCUT2D eigenvalue weighted by molar-refractivity contribution is 0.242. The van der Waals surface area contributed by atoms with E-state index in [0.717, 1.165) is 16.4 Å². The van der Waals surface area contributed by atoms with Crippen LogP contribution >= 0.6 is 11.8 Å². The van der Waals surface area contributed by atoms with Crippen LogP contribution in [0.25, 0.3) is 0 Å². The second kappa shape index (κ2) is 7.13. The van der Waals surface area contributed by atoms with Crippen LogP contribution in [0.3, 0.4) is 0 Å². The average molecular weight is 380 g/mol. The molecule has 0 aliphatic carbocycles. The molecular formula is C17H20N2O4S2. The van der Waals surface area contributed by atoms with E-state index in [1.165, 1.54) is 0 Å². The summed E-state index contributed by atoms with van der Waals surface area (Å²) in [5.74, 6) is 1.75. The van der Waals surface area contributed by atoms with Crippen molar-refractivity contribution in [1.29, 1.82) is 0 Å². The summed E-state index contributed by atoms with van der Waals surface area (Å²) in [5.41, 5.74) is -0.0498. The van der Waals surface area contributed by atoms with Gasteiger partial charge in [-0.3, -0.25) is 0 Å². The van der Waals surface area contributed by atoms with Crippen LogP contribution in [0.4, 0.5) is 10.5 Å². The summed E-state index contributed by atoms with van der Waals surface area (Å²) >= 11 is 1.64. The van der Waals surface area contributed by atoms with E-state index >= 15 is 0 Å². The summed E-state index contributed by atoms with van der Waals surface area (Å²) in [6.07, 6.45) is 2.09. The predicted octanol–water partition coefficient (Wildman–Crippen LogP) is 3.27. The molecule has 0 radical (unpaired) electrons. The molecule has 1 aromatic heterocycles. The van der Waals surface area contributed by atoms with E-state index in [2.05, 4.69) is 10.6 Å². The number of carbonyl (C=O) groups is 1. The lowest BCUT2D eigenvalue weighted by Gasteiger charge is -2.24. The zero-order valence-corrected chi connectivity index (χ0v) is 15.5. The summed E-state index contributed by atoms with van der Waals surface area (Å²) in [4.78, 5) is 13.2. The van der Waals surface area contributed by atoms with Gasteiger partial charge in [-0.1, -0.05) is 0 Å². The van der Waals surface area contributed by atoms with Crippen molar-refractivity contribution in [1.82, 2.24) is 5.32 Å². The maximum absolute atomic E-state index is 12.1. The first kappa shape index (κ1) is 17.9. The molecule has 3 rings (SSSR count). The second-order valence-electron chi connectivity index (χ2n) is 6.37. The molecule has 1 unspecified atom stereocenters. The number of amides is 2. The first-order chi connectivity index (χ1) is 11.8. The lowest BCUT2D eigenvalue weighted by Crippen LogP contribution is -2.48. The monoisotopic (exact) mass is 380 g/mol. The molecule has 1 aliphatic heterocycles. The van der Waals surface area contributed by atoms with Gasteiger partial charge < -0.3 is 15.1 Å². The molecule has 6 nitrogen and oxygen atoms in total. The Morgan fingerprint density at radius 1 is 1.28 bits per heavy atom. The largest absolute Gasteiger partial charge is 0.468 e. The number of benzene rings is 1. The molecule has 2 aromatic rings. The molecule has 2 heterocycles. The average Bonchev–Trinajstić information content (AvgIpc) is 3.14. The zero-order valence-electron chi connectivity index (χ0n) is 13.8. The molecule has 1 fully saturated rings. The van der Waals surface area contributed by atoms with Crippen LogP contribution in [0.2, 0.25) is 0 Å². The fraction of sp³-hybridized carbons (Fsp3) is 0.353. The van der Waals surface area contributed by atoms with Crippen molar-refractivity contribution < 1.29 is 17.6 Å². The highest BCUT2D eigenvalue weighted by Crippen LogP contribution is 2.25. The summed E-state index contributed by atoms with van der Waals surface area (Å²) in [5, 5.41) is 5.52. The minimum atomic E-state index is -3.06. The number of rotatable bonds is 5. The molecule has 25 heavy (non-hydrogen) atoms. The number of furan rings is 1. The Labute approximate surface area is 151 Å². The molecule has 1 atom stereocenters. The quantitative estimate of drug-likeness (QED) is 0.777. The van der Waals surface area contributed by atoms with E-state index in [9.17, 15) is 13.2 Å². The van der Waals surface area contributed by atoms with Crippen molar-refractivity contribution in [3.8, 4) is 0 Å². The van der Waals surface area contributed by atoms with Gasteiger partial charge in [-0.25, -0.2) is 13.2 Å². The van der Waals surface area contributed by atoms with Crippen LogP contribution in [0.15, 0.2) is 52.0 Å². The molecule has 8 heteroatoms. The first-order valence-electron chi connectivity index (χ1n) is 7.88. The summed E-state index contributed by atoms with van der Waals surface area (Å²) < 4.78 is 28.5. The lowest BCUT2D eigenvalue weighted by atomic mass is 10.0. The number of hydrogen-bond acceptors (Lipinski definition) is 5. The minimum absolute atomic E-state index is 0.0181. The third kappa shape index (κ3) is 5.02. The van der Waals surface area contributed by atoms with Crippen LogP contribution in [0.1, 0.15) is 19.1 Å². The highest BCUT2D eigenvalue weighted by molar-refractivity contribution is 7.98. The number of nitrogens with one attached hydrogen (secondary N) is 2. The van der Waals surface area contributed by atoms with E-state index in [1.54, 1.807) is 24.9 Å². The van der Waals surface area contributed by atoms with Crippen molar-refractivity contribution in [2.24, 2.45) is 0 Å². The van der Waals surface area contributed by atoms with Gasteiger partial charge in [0, 0.05) is 10.6 Å². The Hall–Kier alpha value is -1.93. The highest BCUT2D eigenvalue weighted by Gasteiger charge is 2.39. The SMILES string of the molecule is CC1(NC(=O)Nc2ccc(SCc3ccco3)cc2)CCS(=O)(=O)C1. The van der Waals surface area contributed by atoms with Crippen LogP contribution in [-0.4, -0.2) is 31.5 Å².